The molecule has 0 unspecified atom stereocenters. The second-order valence-corrected chi connectivity index (χ2v) is 3.99. The van der Waals surface area contributed by atoms with Crippen molar-refractivity contribution >= 4 is 17.8 Å². The highest BCUT2D eigenvalue weighted by Gasteiger charge is 2.11. The van der Waals surface area contributed by atoms with Gasteiger partial charge in [0.2, 0.25) is 0 Å². The minimum absolute atomic E-state index is 0.138. The second kappa shape index (κ2) is 6.38. The minimum Gasteiger partial charge on any atom is -0.267 e. The van der Waals surface area contributed by atoms with E-state index in [-0.39, 0.29) is 16.8 Å². The molecule has 6 nitrogen and oxygen atoms in total. The number of carbonyl (C=O) groups is 1. The number of hydrogen-bond acceptors (Lipinski definition) is 4. The molecule has 0 saturated heterocycles. The summed E-state index contributed by atoms with van der Waals surface area (Å²) in [5.41, 5.74) is 2.06. The van der Waals surface area contributed by atoms with Crippen LogP contribution in [0.5, 0.6) is 0 Å². The molecule has 1 amide bonds. The minimum atomic E-state index is -0.733. The zero-order chi connectivity index (χ0) is 15.2. The van der Waals surface area contributed by atoms with Crippen molar-refractivity contribution in [3.05, 3.63) is 75.6 Å². The molecule has 0 aromatic heterocycles. The normalized spacial score (nSPS) is 10.5. The van der Waals surface area contributed by atoms with Crippen LogP contribution in [0, 0.1) is 15.9 Å². The number of nitro groups is 1. The van der Waals surface area contributed by atoms with Gasteiger partial charge >= 0.3 is 0 Å². The molecule has 106 valence electrons. The molecule has 0 spiro atoms. The summed E-state index contributed by atoms with van der Waals surface area (Å²) in [6.07, 6.45) is 1.14. The van der Waals surface area contributed by atoms with Crippen molar-refractivity contribution in [2.45, 2.75) is 0 Å². The number of nitrogens with zero attached hydrogens (tertiary/aromatic N) is 2. The van der Waals surface area contributed by atoms with Gasteiger partial charge in [0.15, 0.2) is 0 Å². The quantitative estimate of drug-likeness (QED) is 0.532. The van der Waals surface area contributed by atoms with E-state index in [1.54, 1.807) is 6.07 Å². The Bertz CT molecular complexity index is 716. The predicted molar refractivity (Wildman–Crippen MR) is 74.6 cm³/mol. The van der Waals surface area contributed by atoms with Crippen LogP contribution in [0.4, 0.5) is 10.1 Å². The highest BCUT2D eigenvalue weighted by atomic mass is 19.1. The van der Waals surface area contributed by atoms with Gasteiger partial charge in [0.25, 0.3) is 11.6 Å². The molecule has 0 aliphatic carbocycles. The maximum Gasteiger partial charge on any atom is 0.278 e. The van der Waals surface area contributed by atoms with Gasteiger partial charge in [-0.2, -0.15) is 5.10 Å². The fourth-order valence-corrected chi connectivity index (χ4v) is 1.63. The number of amides is 1. The highest BCUT2D eigenvalue weighted by Crippen LogP contribution is 2.15. The third kappa shape index (κ3) is 3.47. The van der Waals surface area contributed by atoms with Gasteiger partial charge in [-0.25, -0.2) is 9.82 Å². The second-order valence-electron chi connectivity index (χ2n) is 3.99. The molecule has 7 heteroatoms. The lowest BCUT2D eigenvalue weighted by atomic mass is 10.2. The first-order valence-electron chi connectivity index (χ1n) is 5.91. The Hall–Kier alpha value is -3.09. The van der Waals surface area contributed by atoms with Crippen LogP contribution >= 0.6 is 0 Å². The number of nitrogens with one attached hydrogen (secondary N) is 1. The zero-order valence-electron chi connectivity index (χ0n) is 10.7. The van der Waals surface area contributed by atoms with E-state index in [9.17, 15) is 19.3 Å². The van der Waals surface area contributed by atoms with Gasteiger partial charge in [-0.15, -0.1) is 0 Å². The van der Waals surface area contributed by atoms with Crippen molar-refractivity contribution in [2.75, 3.05) is 0 Å². The molecular formula is C14H10FN3O3. The lowest BCUT2D eigenvalue weighted by Crippen LogP contribution is -2.19. The summed E-state index contributed by atoms with van der Waals surface area (Å²) in [6.45, 7) is 0. The maximum absolute atomic E-state index is 13.4. The molecule has 0 atom stereocenters. The summed E-state index contributed by atoms with van der Waals surface area (Å²) >= 11 is 0. The fraction of sp³-hybridized carbons (Fsp3) is 0. The van der Waals surface area contributed by atoms with Crippen molar-refractivity contribution in [2.24, 2.45) is 5.10 Å². The number of carbonyl (C=O) groups excluding carboxylic acids is 1. The van der Waals surface area contributed by atoms with Gasteiger partial charge in [0.05, 0.1) is 22.3 Å². The lowest BCUT2D eigenvalue weighted by molar-refractivity contribution is -0.385. The van der Waals surface area contributed by atoms with Crippen molar-refractivity contribution in [1.82, 2.24) is 5.43 Å². The van der Waals surface area contributed by atoms with Crippen LogP contribution in [0.1, 0.15) is 15.9 Å². The van der Waals surface area contributed by atoms with E-state index in [1.807, 2.05) is 0 Å². The monoisotopic (exact) mass is 287 g/mol. The summed E-state index contributed by atoms with van der Waals surface area (Å²) in [6, 6.07) is 11.4. The van der Waals surface area contributed by atoms with Crippen molar-refractivity contribution in [3.8, 4) is 0 Å². The van der Waals surface area contributed by atoms with Crippen LogP contribution in [-0.4, -0.2) is 17.0 Å². The van der Waals surface area contributed by atoms with Gasteiger partial charge < -0.3 is 0 Å². The Morgan fingerprint density at radius 1 is 1.19 bits per heavy atom. The van der Waals surface area contributed by atoms with E-state index in [4.69, 9.17) is 0 Å². The van der Waals surface area contributed by atoms with Gasteiger partial charge in [-0.3, -0.25) is 14.9 Å². The lowest BCUT2D eigenvalue weighted by Gasteiger charge is -2.01. The van der Waals surface area contributed by atoms with Crippen LogP contribution in [0.3, 0.4) is 0 Å². The molecule has 1 N–H and O–H groups in total. The van der Waals surface area contributed by atoms with E-state index in [0.29, 0.717) is 0 Å². The van der Waals surface area contributed by atoms with Gasteiger partial charge in [0.1, 0.15) is 5.82 Å². The maximum atomic E-state index is 13.4. The van der Waals surface area contributed by atoms with Crippen molar-refractivity contribution in [3.63, 3.8) is 0 Å². The largest absolute Gasteiger partial charge is 0.278 e. The van der Waals surface area contributed by atoms with Crippen molar-refractivity contribution < 1.29 is 14.1 Å². The standard InChI is InChI=1S/C14H10FN3O3/c15-12-7-3-2-6-11(12)14(19)17-16-9-10-5-1-4-8-13(10)18(20)21/h1-9H,(H,17,19). The number of hydrazone groups is 1. The molecule has 0 radical (unpaired) electrons. The molecule has 2 aromatic rings. The summed E-state index contributed by atoms with van der Waals surface area (Å²) in [4.78, 5) is 21.9. The Morgan fingerprint density at radius 3 is 2.57 bits per heavy atom. The summed E-state index contributed by atoms with van der Waals surface area (Å²) in [5, 5.41) is 14.4. The molecule has 0 bridgehead atoms. The molecule has 2 rings (SSSR count). The average Bonchev–Trinajstić information content (AvgIpc) is 2.48. The van der Waals surface area contributed by atoms with Gasteiger partial charge in [0, 0.05) is 6.07 Å². The van der Waals surface area contributed by atoms with E-state index in [0.717, 1.165) is 12.3 Å². The van der Waals surface area contributed by atoms with Crippen LogP contribution in [0.15, 0.2) is 53.6 Å². The number of rotatable bonds is 4. The number of nitro benzene ring substituents is 1. The summed E-state index contributed by atoms with van der Waals surface area (Å²) < 4.78 is 13.4. The van der Waals surface area contributed by atoms with E-state index in [1.165, 1.54) is 36.4 Å². The average molecular weight is 287 g/mol. The number of benzene rings is 2. The molecule has 21 heavy (non-hydrogen) atoms. The van der Waals surface area contributed by atoms with Gasteiger partial charge in [-0.05, 0) is 18.2 Å². The first-order chi connectivity index (χ1) is 10.1. The zero-order valence-corrected chi connectivity index (χ0v) is 10.7. The fourth-order valence-electron chi connectivity index (χ4n) is 1.63. The summed E-state index contributed by atoms with van der Waals surface area (Å²) in [5.74, 6) is -1.40. The molecular weight excluding hydrogens is 277 g/mol. The predicted octanol–water partition coefficient (Wildman–Crippen LogP) is 2.50. The number of para-hydroxylation sites is 1. The van der Waals surface area contributed by atoms with E-state index < -0.39 is 16.6 Å². The molecule has 0 saturated carbocycles. The smallest absolute Gasteiger partial charge is 0.267 e. The van der Waals surface area contributed by atoms with Crippen molar-refractivity contribution in [1.29, 1.82) is 0 Å². The SMILES string of the molecule is O=C(NN=Cc1ccccc1[N+](=O)[O-])c1ccccc1F. The van der Waals surface area contributed by atoms with Crippen LogP contribution in [-0.2, 0) is 0 Å². The Kier molecular flexibility index (Phi) is 4.35. The topological polar surface area (TPSA) is 84.6 Å². The summed E-state index contributed by atoms with van der Waals surface area (Å²) in [7, 11) is 0. The molecule has 0 aliphatic heterocycles. The number of halogens is 1. The van der Waals surface area contributed by atoms with Crippen LogP contribution in [0.25, 0.3) is 0 Å². The van der Waals surface area contributed by atoms with Crippen LogP contribution in [0.2, 0.25) is 0 Å². The van der Waals surface area contributed by atoms with E-state index in [2.05, 4.69) is 10.5 Å². The Balaban J connectivity index is 2.12. The first kappa shape index (κ1) is 14.3. The molecule has 0 aliphatic rings. The highest BCUT2D eigenvalue weighted by molar-refractivity contribution is 5.95. The molecule has 0 fully saturated rings. The van der Waals surface area contributed by atoms with E-state index >= 15 is 0 Å². The Labute approximate surface area is 119 Å². The van der Waals surface area contributed by atoms with Gasteiger partial charge in [-0.1, -0.05) is 24.3 Å². The molecule has 0 heterocycles. The molecule has 2 aromatic carbocycles. The van der Waals surface area contributed by atoms with Crippen LogP contribution < -0.4 is 5.43 Å². The number of hydrogen-bond donors (Lipinski definition) is 1. The Morgan fingerprint density at radius 2 is 1.86 bits per heavy atom. The third-order valence-corrected chi connectivity index (χ3v) is 2.62. The third-order valence-electron chi connectivity index (χ3n) is 2.62. The first-order valence-corrected chi connectivity index (χ1v) is 5.91.